The molecule has 3 heterocycles. The minimum Gasteiger partial charge on any atom is -1.00 e. The zero-order valence-corrected chi connectivity index (χ0v) is 21.4. The van der Waals surface area contributed by atoms with Crippen LogP contribution < -0.4 is 17.7 Å². The third-order valence-electron chi connectivity index (χ3n) is 5.92. The number of sulfonamides is 1. The summed E-state index contributed by atoms with van der Waals surface area (Å²) >= 11 is 1.39. The highest BCUT2D eigenvalue weighted by Crippen LogP contribution is 2.37. The number of benzene rings is 1. The number of hydrogen-bond acceptors (Lipinski definition) is 8. The summed E-state index contributed by atoms with van der Waals surface area (Å²) in [5.74, 6) is -0.888. The Labute approximate surface area is 211 Å². The highest BCUT2D eigenvalue weighted by Gasteiger charge is 2.30. The van der Waals surface area contributed by atoms with Gasteiger partial charge in [-0.15, -0.1) is 11.3 Å². The van der Waals surface area contributed by atoms with Crippen LogP contribution in [0.15, 0.2) is 29.2 Å². The Kier molecular flexibility index (Phi) is 8.72. The van der Waals surface area contributed by atoms with E-state index in [1.54, 1.807) is 0 Å². The van der Waals surface area contributed by atoms with E-state index in [0.717, 1.165) is 30.1 Å². The van der Waals surface area contributed by atoms with Crippen LogP contribution >= 0.6 is 11.3 Å². The Hall–Kier alpha value is -2.02. The van der Waals surface area contributed by atoms with Gasteiger partial charge in [-0.25, -0.2) is 13.2 Å². The summed E-state index contributed by atoms with van der Waals surface area (Å²) in [6.07, 6.45) is 0.716. The van der Waals surface area contributed by atoms with Crippen molar-refractivity contribution in [1.29, 1.82) is 0 Å². The molecule has 0 aliphatic carbocycles. The molecule has 34 heavy (non-hydrogen) atoms. The Morgan fingerprint density at radius 3 is 2.47 bits per heavy atom. The zero-order chi connectivity index (χ0) is 23.6. The van der Waals surface area contributed by atoms with Gasteiger partial charge in [0.1, 0.15) is 5.00 Å². The standard InChI is InChI=1S/C22H27N3O6S2.ClH/c1-3-24-9-8-17-18(14-24)32-21(19(17)22(27)30-2)23-20(26)15-4-6-16(7-5-15)33(28,29)25-10-12-31-13-11-25;/h4-7H,3,8-14H2,1-2H3,(H,23,26);1H. The van der Waals surface area contributed by atoms with Gasteiger partial charge in [-0.3, -0.25) is 9.69 Å². The quantitative estimate of drug-likeness (QED) is 0.493. The van der Waals surface area contributed by atoms with E-state index in [4.69, 9.17) is 9.47 Å². The lowest BCUT2D eigenvalue weighted by molar-refractivity contribution is -0.0000317. The van der Waals surface area contributed by atoms with Crippen molar-refractivity contribution >= 4 is 38.2 Å². The number of thiophene rings is 1. The van der Waals surface area contributed by atoms with Crippen molar-refractivity contribution in [1.82, 2.24) is 9.21 Å². The molecule has 0 saturated carbocycles. The average molecular weight is 530 g/mol. The Bertz CT molecular complexity index is 1150. The number of esters is 1. The number of morpholine rings is 1. The third kappa shape index (κ3) is 5.29. The van der Waals surface area contributed by atoms with Crippen molar-refractivity contribution in [3.63, 3.8) is 0 Å². The van der Waals surface area contributed by atoms with Crippen LogP contribution in [0.25, 0.3) is 0 Å². The summed E-state index contributed by atoms with van der Waals surface area (Å²) in [5, 5.41) is 3.30. The lowest BCUT2D eigenvalue weighted by atomic mass is 10.0. The van der Waals surface area contributed by atoms with Crippen molar-refractivity contribution in [2.45, 2.75) is 24.8 Å². The summed E-state index contributed by atoms with van der Waals surface area (Å²) in [6.45, 7) is 5.91. The van der Waals surface area contributed by atoms with Crippen molar-refractivity contribution < 1.29 is 41.3 Å². The van der Waals surface area contributed by atoms with Gasteiger partial charge in [0.2, 0.25) is 10.0 Å². The first-order chi connectivity index (χ1) is 15.8. The second-order valence-corrected chi connectivity index (χ2v) is 10.9. The minimum absolute atomic E-state index is 0. The van der Waals surface area contributed by atoms with Gasteiger partial charge in [-0.2, -0.15) is 4.31 Å². The van der Waals surface area contributed by atoms with E-state index in [2.05, 4.69) is 17.1 Å². The molecule has 1 saturated heterocycles. The molecule has 1 fully saturated rings. The van der Waals surface area contributed by atoms with Gasteiger partial charge in [0, 0.05) is 36.6 Å². The highest BCUT2D eigenvalue weighted by molar-refractivity contribution is 7.89. The molecule has 186 valence electrons. The van der Waals surface area contributed by atoms with E-state index in [1.807, 2.05) is 0 Å². The number of carbonyl (C=O) groups excluding carboxylic acids is 2. The molecule has 1 amide bonds. The van der Waals surface area contributed by atoms with Crippen LogP contribution in [0.5, 0.6) is 0 Å². The SMILES string of the molecule is CCN1CCc2c(sc(NC(=O)c3ccc(S(=O)(=O)N4CCOCC4)cc3)c2C(=O)OC)C1.[Cl-].[H+]. The predicted octanol–water partition coefficient (Wildman–Crippen LogP) is -0.698. The van der Waals surface area contributed by atoms with E-state index >= 15 is 0 Å². The molecule has 9 nitrogen and oxygen atoms in total. The molecule has 1 N–H and O–H groups in total. The molecule has 2 aliphatic rings. The number of ether oxygens (including phenoxy) is 2. The van der Waals surface area contributed by atoms with Gasteiger partial charge in [0.25, 0.3) is 5.91 Å². The molecule has 1 aromatic carbocycles. The number of fused-ring (bicyclic) bond motifs is 1. The first-order valence-corrected chi connectivity index (χ1v) is 13.0. The summed E-state index contributed by atoms with van der Waals surface area (Å²) in [6, 6.07) is 5.82. The van der Waals surface area contributed by atoms with Crippen molar-refractivity contribution in [2.24, 2.45) is 0 Å². The van der Waals surface area contributed by atoms with E-state index in [0.29, 0.717) is 48.9 Å². The topological polar surface area (TPSA) is 105 Å². The first kappa shape index (κ1) is 26.6. The smallest absolute Gasteiger partial charge is 1.00 e. The second-order valence-electron chi connectivity index (χ2n) is 7.81. The van der Waals surface area contributed by atoms with Crippen molar-refractivity contribution in [3.05, 3.63) is 45.8 Å². The Morgan fingerprint density at radius 2 is 1.85 bits per heavy atom. The van der Waals surface area contributed by atoms with Crippen LogP contribution in [0.4, 0.5) is 5.00 Å². The fourth-order valence-corrected chi connectivity index (χ4v) is 6.70. The van der Waals surface area contributed by atoms with E-state index in [-0.39, 0.29) is 18.7 Å². The normalized spacial score (nSPS) is 16.9. The number of carbonyl (C=O) groups is 2. The third-order valence-corrected chi connectivity index (χ3v) is 8.97. The minimum atomic E-state index is -3.64. The van der Waals surface area contributed by atoms with E-state index in [1.165, 1.54) is 47.0 Å². The first-order valence-electron chi connectivity index (χ1n) is 10.8. The molecule has 2 aliphatic heterocycles. The van der Waals surface area contributed by atoms with Gasteiger partial charge in [-0.1, -0.05) is 6.92 Å². The number of rotatable bonds is 6. The number of anilines is 1. The number of likely N-dealkylation sites (N-methyl/N-ethyl adjacent to an activating group) is 1. The number of amides is 1. The molecule has 0 radical (unpaired) electrons. The predicted molar refractivity (Wildman–Crippen MR) is 125 cm³/mol. The maximum atomic E-state index is 12.9. The number of hydrogen-bond donors (Lipinski definition) is 1. The molecule has 1 aromatic heterocycles. The maximum Gasteiger partial charge on any atom is 1.00 e. The molecule has 0 unspecified atom stereocenters. The van der Waals surface area contributed by atoms with E-state index in [9.17, 15) is 18.0 Å². The van der Waals surface area contributed by atoms with Crippen LogP contribution in [0.2, 0.25) is 0 Å². The lowest BCUT2D eigenvalue weighted by Gasteiger charge is -2.26. The van der Waals surface area contributed by atoms with Crippen LogP contribution in [0, 0.1) is 0 Å². The largest absolute Gasteiger partial charge is 1.00 e. The summed E-state index contributed by atoms with van der Waals surface area (Å²) < 4.78 is 37.2. The monoisotopic (exact) mass is 529 g/mol. The molecular formula is C22H28ClN3O6S2. The van der Waals surface area contributed by atoms with Crippen molar-refractivity contribution in [3.8, 4) is 0 Å². The molecular weight excluding hydrogens is 502 g/mol. The molecule has 0 bridgehead atoms. The highest BCUT2D eigenvalue weighted by atomic mass is 35.5. The number of nitrogens with zero attached hydrogens (tertiary/aromatic N) is 2. The summed E-state index contributed by atoms with van der Waals surface area (Å²) in [7, 11) is -2.31. The van der Waals surface area contributed by atoms with Crippen LogP contribution in [-0.4, -0.2) is 76.0 Å². The van der Waals surface area contributed by atoms with Gasteiger partial charge < -0.3 is 27.2 Å². The molecule has 2 aromatic rings. The average Bonchev–Trinajstić information content (AvgIpc) is 3.20. The van der Waals surface area contributed by atoms with Crippen LogP contribution in [-0.2, 0) is 32.5 Å². The Morgan fingerprint density at radius 1 is 1.18 bits per heavy atom. The zero-order valence-electron chi connectivity index (χ0n) is 20.0. The summed E-state index contributed by atoms with van der Waals surface area (Å²) in [5.41, 5.74) is 1.64. The van der Waals surface area contributed by atoms with Gasteiger partial charge in [0.05, 0.1) is 30.8 Å². The van der Waals surface area contributed by atoms with E-state index < -0.39 is 21.9 Å². The van der Waals surface area contributed by atoms with Gasteiger partial charge >= 0.3 is 7.40 Å². The van der Waals surface area contributed by atoms with Crippen molar-refractivity contribution in [2.75, 3.05) is 51.8 Å². The molecule has 0 spiro atoms. The fraction of sp³-hybridized carbons (Fsp3) is 0.455. The molecule has 0 atom stereocenters. The fourth-order valence-electron chi connectivity index (χ4n) is 4.02. The summed E-state index contributed by atoms with van der Waals surface area (Å²) in [4.78, 5) is 28.9. The Balaban J connectivity index is 0.00000216. The second kappa shape index (κ2) is 11.1. The van der Waals surface area contributed by atoms with Gasteiger partial charge in [-0.05, 0) is 42.8 Å². The number of halogens is 1. The maximum absolute atomic E-state index is 12.9. The van der Waals surface area contributed by atoms with Crippen LogP contribution in [0.1, 0.15) is 39.5 Å². The van der Waals surface area contributed by atoms with Crippen LogP contribution in [0.3, 0.4) is 0 Å². The molecule has 12 heteroatoms. The number of methoxy groups -OCH3 is 1. The van der Waals surface area contributed by atoms with Gasteiger partial charge in [0.15, 0.2) is 0 Å². The lowest BCUT2D eigenvalue weighted by Crippen LogP contribution is -3.00. The number of nitrogens with one attached hydrogen (secondary N) is 1. The molecule has 4 rings (SSSR count).